The first-order chi connectivity index (χ1) is 51.1. The molecule has 0 radical (unpaired) electrons. The predicted octanol–water partition coefficient (Wildman–Crippen LogP) is -19.2. The van der Waals surface area contributed by atoms with Crippen molar-refractivity contribution in [3.05, 3.63) is 0 Å². The van der Waals surface area contributed by atoms with E-state index in [1.54, 1.807) is 0 Å². The van der Waals surface area contributed by atoms with Gasteiger partial charge in [-0.2, -0.15) is 0 Å². The van der Waals surface area contributed by atoms with Crippen molar-refractivity contribution >= 4 is 17.7 Å². The number of hydrogen-bond donors (Lipinski definition) is 28. The standard InChI is InChI=1S/C60H101N3O45/c1-13-28(75)36(83)40(87)56(92-13)108-51-50(107-53-25(61-14(2)72)33(80)29(76)17(5-64)94-53)32(79)20(8-67)97-60(51)104-45-23(11-70)99-55(27(35(45)82)63-16(4)74)105-48-30(77)18(6-65)95-58(42(48)89)101-44-22(10-69)98-54(26(34(44)81)62-15(3)73)106-49-31(78)19(7-66)96-59(43(49)90)103-47-24(12-71)100-57(41(88)38(47)85)102-46-21(9-68)93-52(91)39(86)37(46)84/h13,17-60,64-71,75-91H,5-12H2,1-4H3,(H,61,72)(H,62,73)(H,63,74)/t13-,17+,18+,19+,20+,21+,22+,23+,24+,25+,26+,27+,28+,29-,30-,31-,32-,33+,34+,35+,36+,37+,38+,39+,40-,41+,42+,43-,44+,45+,46+,47-,48-,49-,50-,51+,52+,53+,54-,55-,56-,57-,58-,59-,60-/m0/s1. The van der Waals surface area contributed by atoms with Crippen LogP contribution in [0.1, 0.15) is 27.7 Å². The van der Waals surface area contributed by atoms with Crippen LogP contribution in [0.4, 0.5) is 0 Å². The van der Waals surface area contributed by atoms with Crippen LogP contribution < -0.4 is 16.0 Å². The Morgan fingerprint density at radius 1 is 0.241 bits per heavy atom. The predicted molar refractivity (Wildman–Crippen MR) is 330 cm³/mol. The van der Waals surface area contributed by atoms with Crippen molar-refractivity contribution < 1.29 is 223 Å². The third kappa shape index (κ3) is 19.0. The summed E-state index contributed by atoms with van der Waals surface area (Å²) in [7, 11) is 0. The third-order valence-corrected chi connectivity index (χ3v) is 19.9. The van der Waals surface area contributed by atoms with E-state index in [-0.39, 0.29) is 0 Å². The molecule has 9 rings (SSSR count). The van der Waals surface area contributed by atoms with Crippen molar-refractivity contribution in [1.82, 2.24) is 16.0 Å². The summed E-state index contributed by atoms with van der Waals surface area (Å²) in [6.45, 7) is -4.54. The zero-order valence-electron chi connectivity index (χ0n) is 58.0. The van der Waals surface area contributed by atoms with E-state index >= 15 is 0 Å². The van der Waals surface area contributed by atoms with E-state index in [4.69, 9.17) is 80.5 Å². The summed E-state index contributed by atoms with van der Waals surface area (Å²) in [5.74, 6) is -2.74. The zero-order valence-corrected chi connectivity index (χ0v) is 58.0. The maximum atomic E-state index is 13.1. The van der Waals surface area contributed by atoms with E-state index in [0.29, 0.717) is 0 Å². The fourth-order valence-electron chi connectivity index (χ4n) is 14.1. The van der Waals surface area contributed by atoms with Gasteiger partial charge in [-0.1, -0.05) is 0 Å². The molecule has 0 aromatic rings. The van der Waals surface area contributed by atoms with Crippen molar-refractivity contribution in [2.45, 2.75) is 304 Å². The Bertz CT molecular complexity index is 2820. The fourth-order valence-corrected chi connectivity index (χ4v) is 14.1. The first-order valence-electron chi connectivity index (χ1n) is 34.5. The van der Waals surface area contributed by atoms with Gasteiger partial charge in [0.2, 0.25) is 17.7 Å². The molecular weight excluding hydrogens is 1480 g/mol. The second kappa shape index (κ2) is 38.5. The molecule has 28 N–H and O–H groups in total. The van der Waals surface area contributed by atoms with Crippen LogP contribution in [-0.4, -0.2) is 474 Å². The van der Waals surface area contributed by atoms with Crippen LogP contribution in [0.25, 0.3) is 0 Å². The highest BCUT2D eigenvalue weighted by atomic mass is 16.8. The first kappa shape index (κ1) is 88.7. The smallest absolute Gasteiger partial charge is 0.217 e. The van der Waals surface area contributed by atoms with Crippen LogP contribution in [0, 0.1) is 0 Å². The Morgan fingerprint density at radius 3 is 0.917 bits per heavy atom. The third-order valence-electron chi connectivity index (χ3n) is 19.9. The average Bonchev–Trinajstić information content (AvgIpc) is 0.740. The zero-order chi connectivity index (χ0) is 79.5. The van der Waals surface area contributed by atoms with E-state index in [1.165, 1.54) is 6.92 Å². The molecule has 48 heteroatoms. The van der Waals surface area contributed by atoms with Crippen molar-refractivity contribution in [1.29, 1.82) is 0 Å². The van der Waals surface area contributed by atoms with E-state index < -0.39 is 347 Å². The van der Waals surface area contributed by atoms with Crippen molar-refractivity contribution in [2.75, 3.05) is 52.9 Å². The number of hydrogen-bond acceptors (Lipinski definition) is 45. The van der Waals surface area contributed by atoms with Gasteiger partial charge < -0.3 is 224 Å². The maximum Gasteiger partial charge on any atom is 0.217 e. The second-order valence-corrected chi connectivity index (χ2v) is 27.4. The Hall–Kier alpha value is -3.27. The molecule has 9 saturated heterocycles. The quantitative estimate of drug-likeness (QED) is 0.0363. The largest absolute Gasteiger partial charge is 0.394 e. The summed E-state index contributed by atoms with van der Waals surface area (Å²) < 4.78 is 99.6. The lowest BCUT2D eigenvalue weighted by Gasteiger charge is -2.52. The number of ether oxygens (including phenoxy) is 17. The van der Waals surface area contributed by atoms with Gasteiger partial charge in [0.05, 0.1) is 59.0 Å². The summed E-state index contributed by atoms with van der Waals surface area (Å²) in [4.78, 5) is 38.5. The normalized spacial score (nSPS) is 50.4. The molecule has 45 atom stereocenters. The van der Waals surface area contributed by atoms with Crippen LogP contribution in [0.2, 0.25) is 0 Å². The molecule has 108 heavy (non-hydrogen) atoms. The SMILES string of the molecule is CC(=O)N[C@H]1[C@H](O[C@@H]2[C@H](O)[C@H](O[C@@H]3[C@H](O)[C@@H](O)[C@H](O[C@H]4[C@H](O)[C@@H](O)[C@H](O)O[C@@H]4CO)O[C@@H]3CO)O[C@H](CO)[C@@H]2O)O[C@H](CO)[C@@H](O[C@@H]2O[C@H](CO)[C@H](O)[C@H](O[C@@H]3O[C@H](CO)[C@@H](O[C@@H]4O[C@H](CO)[C@H](O)[C@H](O[C@H]5O[C@H](CO)[C@H](O)[C@H](O)[C@H]5NC(C)=O)[C@H]4O[C@@H]4O[C@@H](C)[C@@H](O)[C@@H](O)[C@@H]4O)[C@H](O)[C@H]3NC(C)=O)[C@H]2O)[C@@H]1O. The van der Waals surface area contributed by atoms with Gasteiger partial charge in [0.15, 0.2) is 56.6 Å². The summed E-state index contributed by atoms with van der Waals surface area (Å²) >= 11 is 0. The lowest BCUT2D eigenvalue weighted by Crippen LogP contribution is -2.71. The Kier molecular flexibility index (Phi) is 31.6. The number of aliphatic hydroxyl groups is 25. The summed E-state index contributed by atoms with van der Waals surface area (Å²) in [5, 5.41) is 282. The van der Waals surface area contributed by atoms with E-state index in [2.05, 4.69) is 16.0 Å². The van der Waals surface area contributed by atoms with Crippen LogP contribution in [-0.2, 0) is 94.9 Å². The molecule has 9 aliphatic heterocycles. The van der Waals surface area contributed by atoms with E-state index in [0.717, 1.165) is 20.8 Å². The molecular formula is C60H101N3O45. The molecule has 0 aromatic carbocycles. The van der Waals surface area contributed by atoms with Crippen molar-refractivity contribution in [2.24, 2.45) is 0 Å². The lowest BCUT2D eigenvalue weighted by atomic mass is 9.93. The maximum absolute atomic E-state index is 13.1. The molecule has 0 unspecified atom stereocenters. The molecule has 0 aromatic heterocycles. The van der Waals surface area contributed by atoms with E-state index in [9.17, 15) is 142 Å². The number of rotatable bonds is 27. The van der Waals surface area contributed by atoms with Crippen LogP contribution >= 0.6 is 0 Å². The number of aliphatic hydroxyl groups excluding tert-OH is 25. The van der Waals surface area contributed by atoms with Gasteiger partial charge >= 0.3 is 0 Å². The highest BCUT2D eigenvalue weighted by Gasteiger charge is 2.61. The van der Waals surface area contributed by atoms with Gasteiger partial charge in [0, 0.05) is 20.8 Å². The number of amides is 3. The van der Waals surface area contributed by atoms with Crippen LogP contribution in [0.5, 0.6) is 0 Å². The minimum Gasteiger partial charge on any atom is -0.394 e. The monoisotopic (exact) mass is 1580 g/mol. The molecule has 0 aliphatic carbocycles. The molecule has 9 aliphatic rings. The van der Waals surface area contributed by atoms with E-state index in [1.807, 2.05) is 0 Å². The molecule has 3 amide bonds. The lowest BCUT2D eigenvalue weighted by molar-refractivity contribution is -0.402. The molecule has 9 heterocycles. The highest BCUT2D eigenvalue weighted by molar-refractivity contribution is 5.74. The first-order valence-corrected chi connectivity index (χ1v) is 34.5. The Morgan fingerprint density at radius 2 is 0.509 bits per heavy atom. The number of carbonyl (C=O) groups is 3. The highest BCUT2D eigenvalue weighted by Crippen LogP contribution is 2.41. The average molecular weight is 1580 g/mol. The van der Waals surface area contributed by atoms with Gasteiger partial charge in [-0.3, -0.25) is 14.4 Å². The Balaban J connectivity index is 0.931. The van der Waals surface area contributed by atoms with Crippen molar-refractivity contribution in [3.63, 3.8) is 0 Å². The molecule has 0 saturated carbocycles. The molecule has 9 fully saturated rings. The number of carbonyl (C=O) groups excluding carboxylic acids is 3. The van der Waals surface area contributed by atoms with Gasteiger partial charge in [-0.15, -0.1) is 0 Å². The summed E-state index contributed by atoms with van der Waals surface area (Å²) in [6.07, 6.45) is -84.5. The minimum absolute atomic E-state index is 0.831. The fraction of sp³-hybridized carbons (Fsp3) is 0.950. The molecule has 0 spiro atoms. The minimum atomic E-state index is -2.38. The van der Waals surface area contributed by atoms with Crippen LogP contribution in [0.15, 0.2) is 0 Å². The molecule has 48 nitrogen and oxygen atoms in total. The molecule has 0 bridgehead atoms. The van der Waals surface area contributed by atoms with Gasteiger partial charge in [-0.05, 0) is 6.92 Å². The van der Waals surface area contributed by atoms with Gasteiger partial charge in [0.25, 0.3) is 0 Å². The Labute approximate surface area is 611 Å². The number of nitrogens with one attached hydrogen (secondary N) is 3. The molecule has 626 valence electrons. The topological polar surface area (TPSA) is 750 Å². The summed E-state index contributed by atoms with van der Waals surface area (Å²) in [5.41, 5.74) is 0. The summed E-state index contributed by atoms with van der Waals surface area (Å²) in [6, 6.07) is -5.65. The van der Waals surface area contributed by atoms with Crippen LogP contribution in [0.3, 0.4) is 0 Å². The second-order valence-electron chi connectivity index (χ2n) is 27.4. The van der Waals surface area contributed by atoms with Crippen molar-refractivity contribution in [3.8, 4) is 0 Å². The van der Waals surface area contributed by atoms with Gasteiger partial charge in [-0.25, -0.2) is 0 Å². The van der Waals surface area contributed by atoms with Gasteiger partial charge in [0.1, 0.15) is 213 Å².